The topological polar surface area (TPSA) is 17.8 Å². The molecule has 0 unspecified atom stereocenters. The molecule has 0 saturated heterocycles. The summed E-state index contributed by atoms with van der Waals surface area (Å²) in [6.45, 7) is 2.23. The van der Waals surface area contributed by atoms with Crippen molar-refractivity contribution in [2.75, 3.05) is 0 Å². The molecule has 0 radical (unpaired) electrons. The Morgan fingerprint density at radius 1 is 1.32 bits per heavy atom. The number of fused-ring (bicyclic) bond motifs is 1. The van der Waals surface area contributed by atoms with Crippen molar-refractivity contribution >= 4 is 22.6 Å². The highest BCUT2D eigenvalue weighted by molar-refractivity contribution is 6.31. The van der Waals surface area contributed by atoms with E-state index >= 15 is 0 Å². The number of rotatable bonds is 2. The SMILES string of the molecule is Cc1cc(F)c(Cn2ccc3ncccc32)c(Cl)c1. The van der Waals surface area contributed by atoms with Crippen molar-refractivity contribution in [2.45, 2.75) is 13.5 Å². The second kappa shape index (κ2) is 4.67. The third-order valence-corrected chi connectivity index (χ3v) is 3.49. The Hall–Kier alpha value is -1.87. The zero-order chi connectivity index (χ0) is 13.4. The van der Waals surface area contributed by atoms with Gasteiger partial charge >= 0.3 is 0 Å². The van der Waals surface area contributed by atoms with Gasteiger partial charge in [-0.1, -0.05) is 11.6 Å². The van der Waals surface area contributed by atoms with Gasteiger partial charge in [-0.05, 0) is 42.8 Å². The number of pyridine rings is 1. The molecule has 4 heteroatoms. The average molecular weight is 275 g/mol. The first-order valence-electron chi connectivity index (χ1n) is 5.99. The highest BCUT2D eigenvalue weighted by Gasteiger charge is 2.10. The lowest BCUT2D eigenvalue weighted by atomic mass is 10.1. The Morgan fingerprint density at radius 2 is 2.16 bits per heavy atom. The Balaban J connectivity index is 2.06. The second-order valence-electron chi connectivity index (χ2n) is 4.56. The molecular formula is C15H12ClFN2. The van der Waals surface area contributed by atoms with Crippen LogP contribution >= 0.6 is 11.6 Å². The van der Waals surface area contributed by atoms with Crippen molar-refractivity contribution in [3.8, 4) is 0 Å². The summed E-state index contributed by atoms with van der Waals surface area (Å²) in [6, 6.07) is 9.03. The molecule has 0 amide bonds. The van der Waals surface area contributed by atoms with Crippen molar-refractivity contribution in [3.05, 3.63) is 64.7 Å². The maximum atomic E-state index is 14.0. The van der Waals surface area contributed by atoms with E-state index in [0.29, 0.717) is 17.1 Å². The first-order chi connectivity index (χ1) is 9.15. The third kappa shape index (κ3) is 2.22. The molecule has 0 aliphatic heterocycles. The van der Waals surface area contributed by atoms with Gasteiger partial charge in [0.25, 0.3) is 0 Å². The van der Waals surface area contributed by atoms with Crippen LogP contribution in [0.15, 0.2) is 42.7 Å². The summed E-state index contributed by atoms with van der Waals surface area (Å²) in [5, 5.41) is 0.461. The summed E-state index contributed by atoms with van der Waals surface area (Å²) < 4.78 is 15.9. The van der Waals surface area contributed by atoms with E-state index in [0.717, 1.165) is 16.6 Å². The predicted octanol–water partition coefficient (Wildman–Crippen LogP) is 4.19. The van der Waals surface area contributed by atoms with E-state index in [1.165, 1.54) is 6.07 Å². The largest absolute Gasteiger partial charge is 0.342 e. The minimum atomic E-state index is -0.268. The van der Waals surface area contributed by atoms with E-state index in [-0.39, 0.29) is 5.82 Å². The number of benzene rings is 1. The van der Waals surface area contributed by atoms with Crippen LogP contribution in [0.25, 0.3) is 11.0 Å². The molecule has 96 valence electrons. The minimum absolute atomic E-state index is 0.268. The first kappa shape index (κ1) is 12.2. The van der Waals surface area contributed by atoms with Crippen LogP contribution in [0.1, 0.15) is 11.1 Å². The molecule has 3 aromatic rings. The lowest BCUT2D eigenvalue weighted by Gasteiger charge is -2.09. The number of hydrogen-bond donors (Lipinski definition) is 0. The highest BCUT2D eigenvalue weighted by atomic mass is 35.5. The Kier molecular flexibility index (Phi) is 2.99. The highest BCUT2D eigenvalue weighted by Crippen LogP contribution is 2.24. The average Bonchev–Trinajstić information content (AvgIpc) is 2.77. The monoisotopic (exact) mass is 274 g/mol. The van der Waals surface area contributed by atoms with E-state index < -0.39 is 0 Å². The van der Waals surface area contributed by atoms with Gasteiger partial charge in [0, 0.05) is 23.0 Å². The molecule has 0 fully saturated rings. The smallest absolute Gasteiger partial charge is 0.129 e. The summed E-state index contributed by atoms with van der Waals surface area (Å²) in [5.41, 5.74) is 3.20. The molecule has 0 bridgehead atoms. The maximum Gasteiger partial charge on any atom is 0.129 e. The lowest BCUT2D eigenvalue weighted by molar-refractivity contribution is 0.601. The fourth-order valence-electron chi connectivity index (χ4n) is 2.21. The van der Waals surface area contributed by atoms with E-state index in [1.807, 2.05) is 35.9 Å². The second-order valence-corrected chi connectivity index (χ2v) is 4.97. The van der Waals surface area contributed by atoms with Gasteiger partial charge in [0.2, 0.25) is 0 Å². The van der Waals surface area contributed by atoms with E-state index in [1.54, 1.807) is 12.3 Å². The van der Waals surface area contributed by atoms with Gasteiger partial charge in [-0.25, -0.2) is 4.39 Å². The Morgan fingerprint density at radius 3 is 2.95 bits per heavy atom. The molecule has 0 atom stereocenters. The van der Waals surface area contributed by atoms with Crippen LogP contribution in [0, 0.1) is 12.7 Å². The molecule has 3 rings (SSSR count). The van der Waals surface area contributed by atoms with Crippen LogP contribution in [0.4, 0.5) is 4.39 Å². The van der Waals surface area contributed by atoms with Crippen molar-refractivity contribution in [1.82, 2.24) is 9.55 Å². The molecule has 2 nitrogen and oxygen atoms in total. The van der Waals surface area contributed by atoms with Crippen molar-refractivity contribution in [3.63, 3.8) is 0 Å². The molecule has 0 aliphatic rings. The van der Waals surface area contributed by atoms with Crippen LogP contribution in [0.3, 0.4) is 0 Å². The van der Waals surface area contributed by atoms with Gasteiger partial charge in [0.15, 0.2) is 0 Å². The summed E-state index contributed by atoms with van der Waals surface area (Å²) >= 11 is 6.13. The molecule has 2 heterocycles. The quantitative estimate of drug-likeness (QED) is 0.685. The van der Waals surface area contributed by atoms with Crippen LogP contribution in [0.5, 0.6) is 0 Å². The number of aryl methyl sites for hydroxylation is 1. The lowest BCUT2D eigenvalue weighted by Crippen LogP contribution is -2.02. The Labute approximate surface area is 115 Å². The number of hydrogen-bond acceptors (Lipinski definition) is 1. The van der Waals surface area contributed by atoms with E-state index in [9.17, 15) is 4.39 Å². The van der Waals surface area contributed by atoms with Crippen LogP contribution in [-0.4, -0.2) is 9.55 Å². The summed E-state index contributed by atoms with van der Waals surface area (Å²) in [4.78, 5) is 4.25. The fraction of sp³-hybridized carbons (Fsp3) is 0.133. The van der Waals surface area contributed by atoms with Crippen LogP contribution in [-0.2, 0) is 6.54 Å². The first-order valence-corrected chi connectivity index (χ1v) is 6.37. The van der Waals surface area contributed by atoms with Gasteiger partial charge in [0.05, 0.1) is 17.6 Å². The number of halogens is 2. The molecular weight excluding hydrogens is 263 g/mol. The zero-order valence-corrected chi connectivity index (χ0v) is 11.2. The van der Waals surface area contributed by atoms with Gasteiger partial charge < -0.3 is 4.57 Å². The van der Waals surface area contributed by atoms with Crippen molar-refractivity contribution < 1.29 is 4.39 Å². The standard InChI is InChI=1S/C15H12ClFN2/c1-10-7-12(16)11(13(17)8-10)9-19-6-4-14-15(19)3-2-5-18-14/h2-8H,9H2,1H3. The van der Waals surface area contributed by atoms with E-state index in [2.05, 4.69) is 4.98 Å². The van der Waals surface area contributed by atoms with E-state index in [4.69, 9.17) is 11.6 Å². The summed E-state index contributed by atoms with van der Waals surface area (Å²) in [5.74, 6) is -0.268. The van der Waals surface area contributed by atoms with Gasteiger partial charge in [0.1, 0.15) is 5.82 Å². The third-order valence-electron chi connectivity index (χ3n) is 3.15. The van der Waals surface area contributed by atoms with Gasteiger partial charge in [-0.2, -0.15) is 0 Å². The molecule has 0 N–H and O–H groups in total. The summed E-state index contributed by atoms with van der Waals surface area (Å²) in [6.07, 6.45) is 3.64. The molecule has 2 aromatic heterocycles. The van der Waals surface area contributed by atoms with Gasteiger partial charge in [-0.3, -0.25) is 4.98 Å². The van der Waals surface area contributed by atoms with Crippen molar-refractivity contribution in [1.29, 1.82) is 0 Å². The molecule has 1 aromatic carbocycles. The molecule has 0 saturated carbocycles. The Bertz CT molecular complexity index is 726. The predicted molar refractivity (Wildman–Crippen MR) is 75.0 cm³/mol. The van der Waals surface area contributed by atoms with Crippen LogP contribution in [0.2, 0.25) is 5.02 Å². The fourth-order valence-corrected chi connectivity index (χ4v) is 2.53. The zero-order valence-electron chi connectivity index (χ0n) is 10.4. The minimum Gasteiger partial charge on any atom is -0.342 e. The normalized spacial score (nSPS) is 11.1. The molecule has 0 spiro atoms. The molecule has 19 heavy (non-hydrogen) atoms. The number of nitrogens with zero attached hydrogens (tertiary/aromatic N) is 2. The van der Waals surface area contributed by atoms with Crippen LogP contribution < -0.4 is 0 Å². The molecule has 0 aliphatic carbocycles. The van der Waals surface area contributed by atoms with Crippen molar-refractivity contribution in [2.24, 2.45) is 0 Å². The van der Waals surface area contributed by atoms with Gasteiger partial charge in [-0.15, -0.1) is 0 Å². The summed E-state index contributed by atoms with van der Waals surface area (Å²) in [7, 11) is 0. The number of aromatic nitrogens is 2. The maximum absolute atomic E-state index is 14.0.